The fourth-order valence-electron chi connectivity index (χ4n) is 3.61. The molecule has 1 aliphatic rings. The third-order valence-corrected chi connectivity index (χ3v) is 5.28. The standard InChI is InChI=1S/C25H25FN4O2/c26-22-6-1-4-19(17-22)11-15-32-23-7-2-5-21(18-23)16-20-9-13-30(14-10-20)25(31)28-24-8-3-12-27-29-24/h1-8,12,16-18H,9-11,13-15H2,(H,28,29,31). The fraction of sp³-hybridized carbons (Fsp3) is 0.240. The van der Waals surface area contributed by atoms with Crippen LogP contribution in [0.25, 0.3) is 6.08 Å². The lowest BCUT2D eigenvalue weighted by Gasteiger charge is -2.28. The lowest BCUT2D eigenvalue weighted by molar-refractivity contribution is 0.207. The van der Waals surface area contributed by atoms with Gasteiger partial charge in [0.25, 0.3) is 0 Å². The van der Waals surface area contributed by atoms with Gasteiger partial charge in [-0.05, 0) is 60.4 Å². The van der Waals surface area contributed by atoms with Crippen LogP contribution >= 0.6 is 0 Å². The second kappa shape index (κ2) is 10.5. The number of carbonyl (C=O) groups is 1. The molecule has 2 heterocycles. The van der Waals surface area contributed by atoms with Gasteiger partial charge in [0.1, 0.15) is 11.6 Å². The third-order valence-electron chi connectivity index (χ3n) is 5.28. The van der Waals surface area contributed by atoms with Gasteiger partial charge < -0.3 is 9.64 Å². The van der Waals surface area contributed by atoms with Gasteiger partial charge in [-0.15, -0.1) is 5.10 Å². The molecule has 2 amide bonds. The van der Waals surface area contributed by atoms with E-state index >= 15 is 0 Å². The molecule has 0 aliphatic carbocycles. The summed E-state index contributed by atoms with van der Waals surface area (Å²) in [5, 5.41) is 10.4. The highest BCUT2D eigenvalue weighted by molar-refractivity contribution is 5.88. The molecule has 7 heteroatoms. The van der Waals surface area contributed by atoms with Crippen molar-refractivity contribution >= 4 is 17.9 Å². The van der Waals surface area contributed by atoms with Crippen molar-refractivity contribution in [3.05, 3.63) is 89.4 Å². The first-order valence-corrected chi connectivity index (χ1v) is 10.7. The van der Waals surface area contributed by atoms with Crippen molar-refractivity contribution < 1.29 is 13.9 Å². The van der Waals surface area contributed by atoms with Crippen LogP contribution in [0.4, 0.5) is 15.0 Å². The first kappa shape index (κ1) is 21.5. The monoisotopic (exact) mass is 432 g/mol. The van der Waals surface area contributed by atoms with Crippen LogP contribution in [0, 0.1) is 5.82 Å². The molecule has 0 spiro atoms. The maximum Gasteiger partial charge on any atom is 0.323 e. The molecule has 0 bridgehead atoms. The number of piperidine rings is 1. The minimum Gasteiger partial charge on any atom is -0.493 e. The smallest absolute Gasteiger partial charge is 0.323 e. The summed E-state index contributed by atoms with van der Waals surface area (Å²) in [5.41, 5.74) is 3.28. The molecule has 0 radical (unpaired) electrons. The van der Waals surface area contributed by atoms with E-state index in [9.17, 15) is 9.18 Å². The normalized spacial score (nSPS) is 13.5. The fourth-order valence-corrected chi connectivity index (χ4v) is 3.61. The zero-order chi connectivity index (χ0) is 22.2. The molecule has 4 rings (SSSR count). The predicted molar refractivity (Wildman–Crippen MR) is 122 cm³/mol. The lowest BCUT2D eigenvalue weighted by Crippen LogP contribution is -2.39. The van der Waals surface area contributed by atoms with E-state index in [-0.39, 0.29) is 11.8 Å². The van der Waals surface area contributed by atoms with Crippen LogP contribution in [0.1, 0.15) is 24.0 Å². The van der Waals surface area contributed by atoms with E-state index in [4.69, 9.17) is 4.74 Å². The number of nitrogens with zero attached hydrogens (tertiary/aromatic N) is 3. The molecule has 164 valence electrons. The largest absolute Gasteiger partial charge is 0.493 e. The Labute approximate surface area is 186 Å². The topological polar surface area (TPSA) is 67.4 Å². The van der Waals surface area contributed by atoms with Gasteiger partial charge in [0.2, 0.25) is 0 Å². The van der Waals surface area contributed by atoms with Gasteiger partial charge in [-0.25, -0.2) is 9.18 Å². The zero-order valence-electron chi connectivity index (χ0n) is 17.7. The summed E-state index contributed by atoms with van der Waals surface area (Å²) in [6.07, 6.45) is 6.02. The van der Waals surface area contributed by atoms with Gasteiger partial charge >= 0.3 is 6.03 Å². The predicted octanol–water partition coefficient (Wildman–Crippen LogP) is 4.95. The van der Waals surface area contributed by atoms with Crippen LogP contribution in [0.2, 0.25) is 0 Å². The quantitative estimate of drug-likeness (QED) is 0.599. The highest BCUT2D eigenvalue weighted by Gasteiger charge is 2.19. The highest BCUT2D eigenvalue weighted by Crippen LogP contribution is 2.22. The minimum absolute atomic E-state index is 0.154. The Kier molecular flexibility index (Phi) is 7.07. The van der Waals surface area contributed by atoms with Crippen LogP contribution in [0.5, 0.6) is 5.75 Å². The molecule has 3 aromatic rings. The van der Waals surface area contributed by atoms with Crippen molar-refractivity contribution in [2.24, 2.45) is 0 Å². The highest BCUT2D eigenvalue weighted by atomic mass is 19.1. The van der Waals surface area contributed by atoms with E-state index in [1.54, 1.807) is 29.3 Å². The van der Waals surface area contributed by atoms with E-state index in [1.807, 2.05) is 30.3 Å². The molecule has 6 nitrogen and oxygen atoms in total. The zero-order valence-corrected chi connectivity index (χ0v) is 17.7. The molecule has 1 fully saturated rings. The lowest BCUT2D eigenvalue weighted by atomic mass is 10.0. The van der Waals surface area contributed by atoms with Crippen molar-refractivity contribution in [2.75, 3.05) is 25.0 Å². The summed E-state index contributed by atoms with van der Waals surface area (Å²) in [6, 6.07) is 17.8. The molecule has 1 aliphatic heterocycles. The third kappa shape index (κ3) is 6.14. The molecular formula is C25H25FN4O2. The number of ether oxygens (including phenoxy) is 1. The van der Waals surface area contributed by atoms with E-state index in [0.29, 0.717) is 31.9 Å². The van der Waals surface area contributed by atoms with Crippen LogP contribution in [-0.2, 0) is 6.42 Å². The van der Waals surface area contributed by atoms with E-state index in [2.05, 4.69) is 21.6 Å². The molecular weight excluding hydrogens is 407 g/mol. The number of nitrogens with one attached hydrogen (secondary N) is 1. The number of urea groups is 1. The second-order valence-corrected chi connectivity index (χ2v) is 7.63. The van der Waals surface area contributed by atoms with Crippen LogP contribution in [0.15, 0.2) is 72.4 Å². The van der Waals surface area contributed by atoms with Crippen LogP contribution in [0.3, 0.4) is 0 Å². The first-order chi connectivity index (χ1) is 15.7. The Morgan fingerprint density at radius 1 is 1.09 bits per heavy atom. The Hall–Kier alpha value is -3.74. The van der Waals surface area contributed by atoms with E-state index in [1.165, 1.54) is 17.7 Å². The average molecular weight is 432 g/mol. The Morgan fingerprint density at radius 3 is 2.72 bits per heavy atom. The van der Waals surface area contributed by atoms with E-state index < -0.39 is 0 Å². The number of aromatic nitrogens is 2. The van der Waals surface area contributed by atoms with E-state index in [0.717, 1.165) is 29.7 Å². The number of carbonyl (C=O) groups excluding carboxylic acids is 1. The number of halogens is 1. The molecule has 0 saturated carbocycles. The first-order valence-electron chi connectivity index (χ1n) is 10.7. The van der Waals surface area contributed by atoms with Crippen molar-refractivity contribution in [2.45, 2.75) is 19.3 Å². The van der Waals surface area contributed by atoms with Crippen molar-refractivity contribution in [3.8, 4) is 5.75 Å². The van der Waals surface area contributed by atoms with Gasteiger partial charge in [-0.3, -0.25) is 5.32 Å². The summed E-state index contributed by atoms with van der Waals surface area (Å²) in [6.45, 7) is 1.79. The summed E-state index contributed by atoms with van der Waals surface area (Å²) in [4.78, 5) is 14.2. The van der Waals surface area contributed by atoms with Gasteiger partial charge in [-0.1, -0.05) is 35.9 Å². The van der Waals surface area contributed by atoms with Crippen molar-refractivity contribution in [1.29, 1.82) is 0 Å². The summed E-state index contributed by atoms with van der Waals surface area (Å²) in [5.74, 6) is 1.01. The summed E-state index contributed by atoms with van der Waals surface area (Å²) < 4.78 is 19.1. The Balaban J connectivity index is 1.27. The maximum absolute atomic E-state index is 13.3. The van der Waals surface area contributed by atoms with Gasteiger partial charge in [0.15, 0.2) is 5.82 Å². The SMILES string of the molecule is O=C(Nc1cccnn1)N1CCC(=Cc2cccc(OCCc3cccc(F)c3)c2)CC1. The number of benzene rings is 2. The number of anilines is 1. The number of hydrogen-bond acceptors (Lipinski definition) is 4. The van der Waals surface area contributed by atoms with Gasteiger partial charge in [-0.2, -0.15) is 5.10 Å². The summed E-state index contributed by atoms with van der Waals surface area (Å²) >= 11 is 0. The number of likely N-dealkylation sites (tertiary alicyclic amines) is 1. The molecule has 1 saturated heterocycles. The van der Waals surface area contributed by atoms with Gasteiger partial charge in [0, 0.05) is 25.7 Å². The molecule has 0 atom stereocenters. The van der Waals surface area contributed by atoms with Crippen LogP contribution in [-0.4, -0.2) is 40.8 Å². The molecule has 32 heavy (non-hydrogen) atoms. The minimum atomic E-state index is -0.228. The number of hydrogen-bond donors (Lipinski definition) is 1. The molecule has 0 unspecified atom stereocenters. The van der Waals surface area contributed by atoms with Crippen molar-refractivity contribution in [3.63, 3.8) is 0 Å². The average Bonchev–Trinajstić information content (AvgIpc) is 2.81. The Morgan fingerprint density at radius 2 is 1.94 bits per heavy atom. The van der Waals surface area contributed by atoms with Gasteiger partial charge in [0.05, 0.1) is 6.61 Å². The maximum atomic E-state index is 13.3. The Bertz CT molecular complexity index is 1080. The van der Waals surface area contributed by atoms with Crippen molar-refractivity contribution in [1.82, 2.24) is 15.1 Å². The van der Waals surface area contributed by atoms with Crippen LogP contribution < -0.4 is 10.1 Å². The number of rotatable bonds is 6. The molecule has 1 N–H and O–H groups in total. The number of amides is 2. The summed E-state index contributed by atoms with van der Waals surface area (Å²) in [7, 11) is 0. The molecule has 2 aromatic carbocycles. The molecule has 1 aromatic heterocycles. The second-order valence-electron chi connectivity index (χ2n) is 7.63.